The van der Waals surface area contributed by atoms with E-state index in [9.17, 15) is 4.79 Å². The van der Waals surface area contributed by atoms with Gasteiger partial charge in [0, 0.05) is 11.1 Å². The molecule has 0 atom stereocenters. The second-order valence-electron chi connectivity index (χ2n) is 5.67. The second kappa shape index (κ2) is 6.95. The number of hydrogen-bond donors (Lipinski definition) is 2. The lowest BCUT2D eigenvalue weighted by Crippen LogP contribution is -2.31. The molecule has 7 heteroatoms. The van der Waals surface area contributed by atoms with E-state index in [1.165, 1.54) is 22.9 Å². The van der Waals surface area contributed by atoms with Gasteiger partial charge in [0.15, 0.2) is 5.16 Å². The Bertz CT molecular complexity index is 925. The van der Waals surface area contributed by atoms with E-state index in [4.69, 9.17) is 15.8 Å². The fourth-order valence-corrected chi connectivity index (χ4v) is 4.40. The molecule has 0 spiro atoms. The molecule has 1 aliphatic carbocycles. The lowest BCUT2D eigenvalue weighted by atomic mass is 9.88. The van der Waals surface area contributed by atoms with Gasteiger partial charge in [-0.25, -0.2) is 15.8 Å². The van der Waals surface area contributed by atoms with Gasteiger partial charge in [-0.3, -0.25) is 10.2 Å². The minimum absolute atomic E-state index is 0.195. The number of nitrogens with two attached hydrogens (primary N) is 1. The van der Waals surface area contributed by atoms with Crippen molar-refractivity contribution in [1.82, 2.24) is 15.4 Å². The summed E-state index contributed by atoms with van der Waals surface area (Å²) in [6.07, 6.45) is 1.92. The molecule has 5 nitrogen and oxygen atoms in total. The van der Waals surface area contributed by atoms with E-state index < -0.39 is 0 Å². The maximum absolute atomic E-state index is 11.5. The van der Waals surface area contributed by atoms with Gasteiger partial charge in [-0.15, -0.1) is 11.3 Å². The standard InChI is InChI=1S/C18H16N4OS2/c19-22-15(23)10-25-18-20-16-12-5-2-1-4-11(12)7-8-13(16)17(21-18)14-6-3-9-24-14/h1-6,9H,7-8,10,19H2,(H,22,23). The van der Waals surface area contributed by atoms with Gasteiger partial charge in [0.2, 0.25) is 5.91 Å². The van der Waals surface area contributed by atoms with Crippen LogP contribution in [-0.4, -0.2) is 21.6 Å². The SMILES string of the molecule is NNC(=O)CSc1nc(-c2cccs2)c2c(n1)-c1ccccc1CC2. The summed E-state index contributed by atoms with van der Waals surface area (Å²) in [5.41, 5.74) is 7.76. The Morgan fingerprint density at radius 1 is 1.16 bits per heavy atom. The van der Waals surface area contributed by atoms with Gasteiger partial charge in [0.05, 0.1) is 22.0 Å². The molecule has 25 heavy (non-hydrogen) atoms. The molecule has 126 valence electrons. The number of benzene rings is 1. The van der Waals surface area contributed by atoms with Crippen LogP contribution in [0.4, 0.5) is 0 Å². The van der Waals surface area contributed by atoms with Crippen LogP contribution >= 0.6 is 23.1 Å². The summed E-state index contributed by atoms with van der Waals surface area (Å²) in [5.74, 6) is 5.11. The molecule has 3 N–H and O–H groups in total. The Morgan fingerprint density at radius 3 is 2.80 bits per heavy atom. The quantitative estimate of drug-likeness (QED) is 0.243. The van der Waals surface area contributed by atoms with E-state index in [1.807, 2.05) is 12.1 Å². The fraction of sp³-hybridized carbons (Fsp3) is 0.167. The highest BCUT2D eigenvalue weighted by atomic mass is 32.2. The van der Waals surface area contributed by atoms with Crippen molar-refractivity contribution in [2.75, 3.05) is 5.75 Å². The summed E-state index contributed by atoms with van der Waals surface area (Å²) >= 11 is 2.97. The number of rotatable bonds is 4. The smallest absolute Gasteiger partial charge is 0.244 e. The molecule has 0 unspecified atom stereocenters. The van der Waals surface area contributed by atoms with Gasteiger partial charge in [-0.05, 0) is 29.9 Å². The van der Waals surface area contributed by atoms with Crippen molar-refractivity contribution in [3.05, 3.63) is 52.9 Å². The molecule has 3 aromatic rings. The van der Waals surface area contributed by atoms with Crippen LogP contribution < -0.4 is 11.3 Å². The highest BCUT2D eigenvalue weighted by Crippen LogP contribution is 2.39. The number of carbonyl (C=O) groups excluding carboxylic acids is 1. The summed E-state index contributed by atoms with van der Waals surface area (Å²) in [4.78, 5) is 22.1. The maximum Gasteiger partial charge on any atom is 0.244 e. The average Bonchev–Trinajstić information content (AvgIpc) is 3.19. The number of nitrogens with zero attached hydrogens (tertiary/aromatic N) is 2. The third-order valence-corrected chi connectivity index (χ3v) is 5.88. The first kappa shape index (κ1) is 16.3. The van der Waals surface area contributed by atoms with Crippen LogP contribution in [0.3, 0.4) is 0 Å². The Labute approximate surface area is 153 Å². The van der Waals surface area contributed by atoms with E-state index in [0.29, 0.717) is 5.16 Å². The second-order valence-corrected chi connectivity index (χ2v) is 7.56. The Balaban J connectivity index is 1.84. The van der Waals surface area contributed by atoms with E-state index in [1.54, 1.807) is 11.3 Å². The number of thiophene rings is 1. The van der Waals surface area contributed by atoms with Crippen LogP contribution in [0.25, 0.3) is 21.8 Å². The van der Waals surface area contributed by atoms with Crippen molar-refractivity contribution in [3.8, 4) is 21.8 Å². The van der Waals surface area contributed by atoms with Crippen LogP contribution in [0, 0.1) is 0 Å². The number of amides is 1. The number of hydrogen-bond acceptors (Lipinski definition) is 6. The van der Waals surface area contributed by atoms with Crippen LogP contribution in [0.15, 0.2) is 46.9 Å². The summed E-state index contributed by atoms with van der Waals surface area (Å²) in [6.45, 7) is 0. The summed E-state index contributed by atoms with van der Waals surface area (Å²) < 4.78 is 0. The monoisotopic (exact) mass is 368 g/mol. The minimum atomic E-state index is -0.246. The zero-order chi connectivity index (χ0) is 17.2. The molecule has 4 rings (SSSR count). The zero-order valence-corrected chi connectivity index (χ0v) is 15.0. The summed E-state index contributed by atoms with van der Waals surface area (Å²) in [6, 6.07) is 12.5. The van der Waals surface area contributed by atoms with Crippen LogP contribution in [0.5, 0.6) is 0 Å². The predicted octanol–water partition coefficient (Wildman–Crippen LogP) is 3.05. The van der Waals surface area contributed by atoms with E-state index >= 15 is 0 Å². The van der Waals surface area contributed by atoms with Gasteiger partial charge >= 0.3 is 0 Å². The van der Waals surface area contributed by atoms with Gasteiger partial charge < -0.3 is 0 Å². The third-order valence-electron chi connectivity index (χ3n) is 4.15. The lowest BCUT2D eigenvalue weighted by Gasteiger charge is -2.21. The lowest BCUT2D eigenvalue weighted by molar-refractivity contribution is -0.118. The van der Waals surface area contributed by atoms with Crippen molar-refractivity contribution in [3.63, 3.8) is 0 Å². The van der Waals surface area contributed by atoms with Crippen molar-refractivity contribution in [2.24, 2.45) is 5.84 Å². The highest BCUT2D eigenvalue weighted by Gasteiger charge is 2.23. The number of thioether (sulfide) groups is 1. The van der Waals surface area contributed by atoms with E-state index in [0.717, 1.165) is 34.7 Å². The molecule has 1 aliphatic rings. The minimum Gasteiger partial charge on any atom is -0.294 e. The number of fused-ring (bicyclic) bond motifs is 3. The molecule has 0 aliphatic heterocycles. The topological polar surface area (TPSA) is 80.9 Å². The number of aromatic nitrogens is 2. The molecule has 0 radical (unpaired) electrons. The largest absolute Gasteiger partial charge is 0.294 e. The predicted molar refractivity (Wildman–Crippen MR) is 101 cm³/mol. The number of nitrogens with one attached hydrogen (secondary N) is 1. The molecule has 0 saturated heterocycles. The van der Waals surface area contributed by atoms with Gasteiger partial charge in [-0.1, -0.05) is 42.1 Å². The molecule has 1 aromatic carbocycles. The molecule has 0 saturated carbocycles. The van der Waals surface area contributed by atoms with Gasteiger partial charge in [0.25, 0.3) is 0 Å². The molecular weight excluding hydrogens is 352 g/mol. The molecule has 2 heterocycles. The van der Waals surface area contributed by atoms with E-state index in [-0.39, 0.29) is 11.7 Å². The zero-order valence-electron chi connectivity index (χ0n) is 13.4. The normalized spacial score (nSPS) is 12.4. The Kier molecular flexibility index (Phi) is 4.52. The number of aryl methyl sites for hydroxylation is 1. The third kappa shape index (κ3) is 3.18. The molecule has 2 aromatic heterocycles. The maximum atomic E-state index is 11.5. The molecular formula is C18H16N4OS2. The van der Waals surface area contributed by atoms with Crippen molar-refractivity contribution < 1.29 is 4.79 Å². The number of hydrazine groups is 1. The van der Waals surface area contributed by atoms with Crippen molar-refractivity contribution >= 4 is 29.0 Å². The van der Waals surface area contributed by atoms with E-state index in [2.05, 4.69) is 35.1 Å². The Morgan fingerprint density at radius 2 is 2.00 bits per heavy atom. The van der Waals surface area contributed by atoms with Crippen LogP contribution in [0.2, 0.25) is 0 Å². The molecule has 0 fully saturated rings. The van der Waals surface area contributed by atoms with Gasteiger partial charge in [0.1, 0.15) is 0 Å². The molecule has 0 bridgehead atoms. The Hall–Kier alpha value is -2.22. The summed E-state index contributed by atoms with van der Waals surface area (Å²) in [5, 5.41) is 2.65. The first-order chi connectivity index (χ1) is 12.3. The van der Waals surface area contributed by atoms with Crippen molar-refractivity contribution in [1.29, 1.82) is 0 Å². The number of carbonyl (C=O) groups is 1. The first-order valence-electron chi connectivity index (χ1n) is 7.91. The average molecular weight is 368 g/mol. The van der Waals surface area contributed by atoms with Crippen LogP contribution in [0.1, 0.15) is 11.1 Å². The van der Waals surface area contributed by atoms with Gasteiger partial charge in [-0.2, -0.15) is 0 Å². The summed E-state index contributed by atoms with van der Waals surface area (Å²) in [7, 11) is 0. The molecule has 1 amide bonds. The van der Waals surface area contributed by atoms with Crippen molar-refractivity contribution in [2.45, 2.75) is 18.0 Å². The van der Waals surface area contributed by atoms with Crippen LogP contribution in [-0.2, 0) is 17.6 Å². The fourth-order valence-electron chi connectivity index (χ4n) is 3.01. The highest BCUT2D eigenvalue weighted by molar-refractivity contribution is 7.99. The first-order valence-corrected chi connectivity index (χ1v) is 9.78.